The number of aromatic nitrogens is 1. The van der Waals surface area contributed by atoms with E-state index >= 15 is 0 Å². The van der Waals surface area contributed by atoms with Crippen molar-refractivity contribution in [2.24, 2.45) is 0 Å². The molecule has 0 amide bonds. The van der Waals surface area contributed by atoms with E-state index in [1.807, 2.05) is 29.7 Å². The monoisotopic (exact) mass is 352 g/mol. The number of aryl methyl sites for hydroxylation is 1. The molecule has 2 aromatic rings. The standard InChI is InChI=1S/C21H24N2O3/c1-15-9-10-17(25-2)11-18(15)22-21-12-19(24)20(26-3)14-23(21)13-16-7-5-4-6-8-16/h4-5,7,9-12,14,22H,6,8,13H2,1-3H3. The molecule has 5 nitrogen and oxygen atoms in total. The Balaban J connectivity index is 1.99. The summed E-state index contributed by atoms with van der Waals surface area (Å²) in [6.45, 7) is 2.72. The smallest absolute Gasteiger partial charge is 0.225 e. The van der Waals surface area contributed by atoms with Crippen LogP contribution in [0.15, 0.2) is 59.1 Å². The zero-order valence-electron chi connectivity index (χ0n) is 15.4. The first kappa shape index (κ1) is 17.9. The van der Waals surface area contributed by atoms with Crippen LogP contribution in [-0.4, -0.2) is 18.8 Å². The molecule has 3 rings (SSSR count). The largest absolute Gasteiger partial charge is 0.497 e. The van der Waals surface area contributed by atoms with Crippen molar-refractivity contribution in [2.45, 2.75) is 26.3 Å². The van der Waals surface area contributed by atoms with Gasteiger partial charge >= 0.3 is 0 Å². The van der Waals surface area contributed by atoms with Crippen LogP contribution in [0.3, 0.4) is 0 Å². The average Bonchev–Trinajstić information content (AvgIpc) is 2.66. The lowest BCUT2D eigenvalue weighted by atomic mass is 10.1. The number of allylic oxidation sites excluding steroid dienone is 4. The van der Waals surface area contributed by atoms with Gasteiger partial charge in [0.2, 0.25) is 5.43 Å². The van der Waals surface area contributed by atoms with Gasteiger partial charge in [-0.3, -0.25) is 4.79 Å². The van der Waals surface area contributed by atoms with Crippen molar-refractivity contribution in [2.75, 3.05) is 19.5 Å². The summed E-state index contributed by atoms with van der Waals surface area (Å²) in [5.41, 5.74) is 3.13. The fraction of sp³-hybridized carbons (Fsp3) is 0.286. The number of hydrogen-bond acceptors (Lipinski definition) is 4. The number of rotatable bonds is 6. The van der Waals surface area contributed by atoms with E-state index in [4.69, 9.17) is 9.47 Å². The van der Waals surface area contributed by atoms with E-state index in [1.165, 1.54) is 12.7 Å². The molecule has 0 radical (unpaired) electrons. The Bertz CT molecular complexity index is 910. The fourth-order valence-corrected chi connectivity index (χ4v) is 2.95. The molecule has 0 spiro atoms. The molecule has 1 aromatic carbocycles. The highest BCUT2D eigenvalue weighted by Crippen LogP contribution is 2.26. The van der Waals surface area contributed by atoms with Crippen LogP contribution in [0.1, 0.15) is 18.4 Å². The van der Waals surface area contributed by atoms with E-state index in [9.17, 15) is 4.79 Å². The Hall–Kier alpha value is -2.95. The first-order valence-electron chi connectivity index (χ1n) is 8.65. The van der Waals surface area contributed by atoms with Crippen LogP contribution < -0.4 is 20.2 Å². The lowest BCUT2D eigenvalue weighted by Gasteiger charge is -2.19. The van der Waals surface area contributed by atoms with Gasteiger partial charge in [0.1, 0.15) is 11.6 Å². The lowest BCUT2D eigenvalue weighted by Crippen LogP contribution is -2.15. The van der Waals surface area contributed by atoms with E-state index in [0.29, 0.717) is 12.3 Å². The summed E-state index contributed by atoms with van der Waals surface area (Å²) in [6, 6.07) is 7.41. The molecule has 1 N–H and O–H groups in total. The predicted octanol–water partition coefficient (Wildman–Crippen LogP) is 4.19. The van der Waals surface area contributed by atoms with Crippen LogP contribution in [0.25, 0.3) is 0 Å². The van der Waals surface area contributed by atoms with Gasteiger partial charge in [0.05, 0.1) is 20.4 Å². The third-order valence-corrected chi connectivity index (χ3v) is 4.49. The van der Waals surface area contributed by atoms with Gasteiger partial charge < -0.3 is 19.4 Å². The molecule has 136 valence electrons. The molecule has 1 aliphatic rings. The Morgan fingerprint density at radius 1 is 1.19 bits per heavy atom. The van der Waals surface area contributed by atoms with Crippen LogP contribution in [0, 0.1) is 6.92 Å². The molecule has 0 unspecified atom stereocenters. The van der Waals surface area contributed by atoms with Gasteiger partial charge in [0.15, 0.2) is 5.75 Å². The predicted molar refractivity (Wildman–Crippen MR) is 105 cm³/mol. The number of methoxy groups -OCH3 is 2. The van der Waals surface area contributed by atoms with Gasteiger partial charge in [0.25, 0.3) is 0 Å². The minimum atomic E-state index is -0.149. The molecule has 5 heteroatoms. The van der Waals surface area contributed by atoms with Crippen molar-refractivity contribution in [1.82, 2.24) is 4.57 Å². The summed E-state index contributed by atoms with van der Waals surface area (Å²) in [5.74, 6) is 1.83. The van der Waals surface area contributed by atoms with Crippen LogP contribution in [0.5, 0.6) is 11.5 Å². The maximum Gasteiger partial charge on any atom is 0.225 e. The zero-order chi connectivity index (χ0) is 18.5. The van der Waals surface area contributed by atoms with Gasteiger partial charge in [0, 0.05) is 24.4 Å². The van der Waals surface area contributed by atoms with E-state index in [-0.39, 0.29) is 5.43 Å². The number of benzene rings is 1. The molecule has 0 atom stereocenters. The van der Waals surface area contributed by atoms with Crippen LogP contribution in [0.2, 0.25) is 0 Å². The highest BCUT2D eigenvalue weighted by Gasteiger charge is 2.11. The highest BCUT2D eigenvalue weighted by molar-refractivity contribution is 5.63. The maximum atomic E-state index is 12.3. The maximum absolute atomic E-state index is 12.3. The van der Waals surface area contributed by atoms with Crippen molar-refractivity contribution < 1.29 is 9.47 Å². The first-order valence-corrected chi connectivity index (χ1v) is 8.65. The van der Waals surface area contributed by atoms with Crippen molar-refractivity contribution >= 4 is 11.5 Å². The summed E-state index contributed by atoms with van der Waals surface area (Å²) < 4.78 is 12.6. The summed E-state index contributed by atoms with van der Waals surface area (Å²) in [5, 5.41) is 3.38. The normalized spacial score (nSPS) is 13.3. The number of pyridine rings is 1. The Kier molecular flexibility index (Phi) is 5.46. The van der Waals surface area contributed by atoms with E-state index < -0.39 is 0 Å². The molecule has 1 aliphatic carbocycles. The molecule has 0 saturated heterocycles. The van der Waals surface area contributed by atoms with E-state index in [1.54, 1.807) is 19.4 Å². The first-order chi connectivity index (χ1) is 12.6. The number of hydrogen-bond donors (Lipinski definition) is 1. The molecule has 1 heterocycles. The average molecular weight is 352 g/mol. The van der Waals surface area contributed by atoms with Gasteiger partial charge in [-0.1, -0.05) is 29.9 Å². The second-order valence-corrected chi connectivity index (χ2v) is 6.32. The summed E-state index contributed by atoms with van der Waals surface area (Å²) in [6.07, 6.45) is 10.2. The Labute approximate surface area is 153 Å². The number of anilines is 2. The minimum absolute atomic E-state index is 0.149. The number of nitrogens with one attached hydrogen (secondary N) is 1. The van der Waals surface area contributed by atoms with Gasteiger partial charge in [-0.2, -0.15) is 0 Å². The molecule has 0 bridgehead atoms. The van der Waals surface area contributed by atoms with Gasteiger partial charge in [-0.05, 0) is 31.4 Å². The summed E-state index contributed by atoms with van der Waals surface area (Å²) >= 11 is 0. The van der Waals surface area contributed by atoms with Gasteiger partial charge in [-0.15, -0.1) is 0 Å². The Morgan fingerprint density at radius 3 is 2.73 bits per heavy atom. The van der Waals surface area contributed by atoms with Crippen molar-refractivity contribution in [3.8, 4) is 11.5 Å². The lowest BCUT2D eigenvalue weighted by molar-refractivity contribution is 0.405. The van der Waals surface area contributed by atoms with Crippen molar-refractivity contribution in [1.29, 1.82) is 0 Å². The third-order valence-electron chi connectivity index (χ3n) is 4.49. The zero-order valence-corrected chi connectivity index (χ0v) is 15.4. The molecule has 0 saturated carbocycles. The fourth-order valence-electron chi connectivity index (χ4n) is 2.95. The van der Waals surface area contributed by atoms with Crippen LogP contribution in [0.4, 0.5) is 11.5 Å². The topological polar surface area (TPSA) is 52.5 Å². The molecule has 0 aliphatic heterocycles. The third kappa shape index (κ3) is 3.99. The summed E-state index contributed by atoms with van der Waals surface area (Å²) in [4.78, 5) is 12.3. The highest BCUT2D eigenvalue weighted by atomic mass is 16.5. The Morgan fingerprint density at radius 2 is 2.04 bits per heavy atom. The quantitative estimate of drug-likeness (QED) is 0.847. The number of ether oxygens (including phenoxy) is 2. The molecule has 26 heavy (non-hydrogen) atoms. The molecule has 0 fully saturated rings. The molecular weight excluding hydrogens is 328 g/mol. The van der Waals surface area contributed by atoms with Crippen LogP contribution >= 0.6 is 0 Å². The van der Waals surface area contributed by atoms with Gasteiger partial charge in [-0.25, -0.2) is 0 Å². The van der Waals surface area contributed by atoms with E-state index in [0.717, 1.165) is 35.7 Å². The minimum Gasteiger partial charge on any atom is -0.497 e. The second kappa shape index (κ2) is 7.95. The van der Waals surface area contributed by atoms with Crippen LogP contribution in [-0.2, 0) is 6.54 Å². The van der Waals surface area contributed by atoms with Crippen molar-refractivity contribution in [3.05, 3.63) is 70.1 Å². The van der Waals surface area contributed by atoms with E-state index in [2.05, 4.69) is 23.5 Å². The summed E-state index contributed by atoms with van der Waals surface area (Å²) in [7, 11) is 3.16. The van der Waals surface area contributed by atoms with Crippen molar-refractivity contribution in [3.63, 3.8) is 0 Å². The molecular formula is C21H24N2O3. The molecule has 1 aromatic heterocycles. The number of nitrogens with zero attached hydrogens (tertiary/aromatic N) is 1. The SMILES string of the molecule is COc1ccc(C)c(Nc2cc(=O)c(OC)cn2CC2=CC=CCC2)c1. The second-order valence-electron chi connectivity index (χ2n) is 6.32.